The Bertz CT molecular complexity index is 577. The standard InChI is InChI=1S/C18H22O6/c1-21-10-11-23-12-13-24-18(20)9-8-16(19)7-6-15-4-3-5-17(14-15)22-2/h3-9,14H,10-13H2,1-2H3. The van der Waals surface area contributed by atoms with Gasteiger partial charge in [-0.15, -0.1) is 0 Å². The SMILES string of the molecule is COCCOCCOC(=O)C=CC(=O)C=Cc1cccc(OC)c1. The summed E-state index contributed by atoms with van der Waals surface area (Å²) in [6, 6.07) is 7.28. The molecule has 0 spiro atoms. The van der Waals surface area contributed by atoms with Gasteiger partial charge in [-0.2, -0.15) is 0 Å². The fourth-order valence-electron chi connectivity index (χ4n) is 1.62. The van der Waals surface area contributed by atoms with Crippen LogP contribution >= 0.6 is 0 Å². The van der Waals surface area contributed by atoms with E-state index in [2.05, 4.69) is 0 Å². The lowest BCUT2D eigenvalue weighted by Gasteiger charge is -2.03. The Hall–Kier alpha value is -2.44. The molecule has 0 unspecified atom stereocenters. The smallest absolute Gasteiger partial charge is 0.330 e. The Balaban J connectivity index is 2.31. The largest absolute Gasteiger partial charge is 0.497 e. The van der Waals surface area contributed by atoms with Gasteiger partial charge in [-0.05, 0) is 29.8 Å². The van der Waals surface area contributed by atoms with Crippen molar-refractivity contribution < 1.29 is 28.5 Å². The molecule has 0 aliphatic heterocycles. The molecule has 6 heteroatoms. The normalized spacial score (nSPS) is 11.1. The highest BCUT2D eigenvalue weighted by molar-refractivity contribution is 6.04. The maximum Gasteiger partial charge on any atom is 0.330 e. The van der Waals surface area contributed by atoms with Gasteiger partial charge in [0.2, 0.25) is 0 Å². The highest BCUT2D eigenvalue weighted by Crippen LogP contribution is 2.13. The number of carbonyl (C=O) groups is 2. The van der Waals surface area contributed by atoms with Gasteiger partial charge < -0.3 is 18.9 Å². The molecule has 6 nitrogen and oxygen atoms in total. The fraction of sp³-hybridized carbons (Fsp3) is 0.333. The van der Waals surface area contributed by atoms with E-state index in [0.29, 0.717) is 19.0 Å². The summed E-state index contributed by atoms with van der Waals surface area (Å²) < 4.78 is 19.9. The summed E-state index contributed by atoms with van der Waals surface area (Å²) in [7, 11) is 3.15. The highest BCUT2D eigenvalue weighted by atomic mass is 16.6. The molecule has 130 valence electrons. The van der Waals surface area contributed by atoms with E-state index in [9.17, 15) is 9.59 Å². The molecule has 0 fully saturated rings. The van der Waals surface area contributed by atoms with Crippen LogP contribution in [0.4, 0.5) is 0 Å². The minimum Gasteiger partial charge on any atom is -0.497 e. The lowest BCUT2D eigenvalue weighted by atomic mass is 10.2. The minimum atomic E-state index is -0.589. The Kier molecular flexibility index (Phi) is 9.84. The van der Waals surface area contributed by atoms with Crippen molar-refractivity contribution in [1.29, 1.82) is 0 Å². The zero-order valence-electron chi connectivity index (χ0n) is 13.9. The summed E-state index contributed by atoms with van der Waals surface area (Å²) >= 11 is 0. The lowest BCUT2D eigenvalue weighted by molar-refractivity contribution is -0.139. The number of ketones is 1. The summed E-state index contributed by atoms with van der Waals surface area (Å²) in [4.78, 5) is 23.1. The van der Waals surface area contributed by atoms with Crippen molar-refractivity contribution in [3.05, 3.63) is 48.1 Å². The second-order valence-corrected chi connectivity index (χ2v) is 4.62. The van der Waals surface area contributed by atoms with Gasteiger partial charge in [0, 0.05) is 13.2 Å². The van der Waals surface area contributed by atoms with Crippen molar-refractivity contribution in [2.75, 3.05) is 40.6 Å². The number of methoxy groups -OCH3 is 2. The van der Waals surface area contributed by atoms with Crippen molar-refractivity contribution in [1.82, 2.24) is 0 Å². The van der Waals surface area contributed by atoms with Crippen LogP contribution in [0.2, 0.25) is 0 Å². The number of ether oxygens (including phenoxy) is 4. The van der Waals surface area contributed by atoms with Crippen LogP contribution in [-0.2, 0) is 23.8 Å². The fourth-order valence-corrected chi connectivity index (χ4v) is 1.62. The van der Waals surface area contributed by atoms with Gasteiger partial charge in [0.15, 0.2) is 5.78 Å². The van der Waals surface area contributed by atoms with Crippen molar-refractivity contribution in [2.24, 2.45) is 0 Å². The third-order valence-electron chi connectivity index (χ3n) is 2.82. The molecule has 1 rings (SSSR count). The van der Waals surface area contributed by atoms with Crippen LogP contribution in [0.25, 0.3) is 6.08 Å². The Morgan fingerprint density at radius 3 is 2.54 bits per heavy atom. The highest BCUT2D eigenvalue weighted by Gasteiger charge is 1.99. The van der Waals surface area contributed by atoms with E-state index < -0.39 is 5.97 Å². The number of hydrogen-bond acceptors (Lipinski definition) is 6. The average Bonchev–Trinajstić information content (AvgIpc) is 2.61. The number of allylic oxidation sites excluding steroid dienone is 2. The van der Waals surface area contributed by atoms with E-state index in [4.69, 9.17) is 18.9 Å². The molecule has 0 saturated heterocycles. The van der Waals surface area contributed by atoms with Crippen LogP contribution in [0.3, 0.4) is 0 Å². The molecule has 0 aromatic heterocycles. The van der Waals surface area contributed by atoms with Crippen LogP contribution < -0.4 is 4.74 Å². The molecule has 1 aromatic rings. The van der Waals surface area contributed by atoms with Gasteiger partial charge in [-0.25, -0.2) is 4.79 Å². The quantitative estimate of drug-likeness (QED) is 0.350. The summed E-state index contributed by atoms with van der Waals surface area (Å²) in [5.41, 5.74) is 0.826. The van der Waals surface area contributed by atoms with Crippen molar-refractivity contribution >= 4 is 17.8 Å². The number of carbonyl (C=O) groups excluding carboxylic acids is 2. The molecule has 0 aliphatic carbocycles. The molecule has 0 saturated carbocycles. The van der Waals surface area contributed by atoms with Crippen molar-refractivity contribution in [3.63, 3.8) is 0 Å². The first-order valence-electron chi connectivity index (χ1n) is 7.43. The Morgan fingerprint density at radius 2 is 1.79 bits per heavy atom. The maximum absolute atomic E-state index is 11.7. The number of rotatable bonds is 11. The summed E-state index contributed by atoms with van der Waals surface area (Å²) in [6.45, 7) is 1.34. The van der Waals surface area contributed by atoms with Crippen molar-refractivity contribution in [3.8, 4) is 5.75 Å². The molecular weight excluding hydrogens is 312 g/mol. The molecule has 0 N–H and O–H groups in total. The average molecular weight is 334 g/mol. The second-order valence-electron chi connectivity index (χ2n) is 4.62. The van der Waals surface area contributed by atoms with E-state index in [0.717, 1.165) is 17.7 Å². The Labute approximate surface area is 141 Å². The number of esters is 1. The minimum absolute atomic E-state index is 0.126. The van der Waals surface area contributed by atoms with E-state index >= 15 is 0 Å². The van der Waals surface area contributed by atoms with E-state index in [-0.39, 0.29) is 19.0 Å². The molecule has 24 heavy (non-hydrogen) atoms. The second kappa shape index (κ2) is 12.0. The molecule has 0 heterocycles. The monoisotopic (exact) mass is 334 g/mol. The molecular formula is C18H22O6. The van der Waals surface area contributed by atoms with Crippen LogP contribution in [0.1, 0.15) is 5.56 Å². The first-order valence-corrected chi connectivity index (χ1v) is 7.43. The Morgan fingerprint density at radius 1 is 1.00 bits per heavy atom. The van der Waals surface area contributed by atoms with Crippen LogP contribution in [0.5, 0.6) is 5.75 Å². The van der Waals surface area contributed by atoms with Crippen LogP contribution in [-0.4, -0.2) is 52.4 Å². The van der Waals surface area contributed by atoms with E-state index in [1.807, 2.05) is 18.2 Å². The zero-order valence-corrected chi connectivity index (χ0v) is 13.9. The van der Waals surface area contributed by atoms with Gasteiger partial charge in [0.25, 0.3) is 0 Å². The molecule has 1 aromatic carbocycles. The number of benzene rings is 1. The molecule has 0 amide bonds. The van der Waals surface area contributed by atoms with Crippen molar-refractivity contribution in [2.45, 2.75) is 0 Å². The van der Waals surface area contributed by atoms with Gasteiger partial charge in [-0.3, -0.25) is 4.79 Å². The van der Waals surface area contributed by atoms with Crippen LogP contribution in [0.15, 0.2) is 42.5 Å². The summed E-state index contributed by atoms with van der Waals surface area (Å²) in [6.07, 6.45) is 5.26. The summed E-state index contributed by atoms with van der Waals surface area (Å²) in [5.74, 6) is -0.198. The third kappa shape index (κ3) is 8.87. The van der Waals surface area contributed by atoms with Gasteiger partial charge in [0.1, 0.15) is 12.4 Å². The maximum atomic E-state index is 11.7. The zero-order chi connectivity index (χ0) is 17.6. The van der Waals surface area contributed by atoms with E-state index in [1.165, 1.54) is 6.08 Å². The van der Waals surface area contributed by atoms with Gasteiger partial charge in [-0.1, -0.05) is 18.2 Å². The first-order chi connectivity index (χ1) is 11.7. The first kappa shape index (κ1) is 19.6. The number of hydrogen-bond donors (Lipinski definition) is 0. The predicted octanol–water partition coefficient (Wildman–Crippen LogP) is 2.04. The van der Waals surface area contributed by atoms with Gasteiger partial charge >= 0.3 is 5.97 Å². The lowest BCUT2D eigenvalue weighted by Crippen LogP contribution is -2.11. The molecule has 0 radical (unpaired) electrons. The van der Waals surface area contributed by atoms with Gasteiger partial charge in [0.05, 0.1) is 26.9 Å². The molecule has 0 bridgehead atoms. The summed E-state index contributed by atoms with van der Waals surface area (Å²) in [5, 5.41) is 0. The molecule has 0 atom stereocenters. The van der Waals surface area contributed by atoms with E-state index in [1.54, 1.807) is 26.4 Å². The van der Waals surface area contributed by atoms with Crippen LogP contribution in [0, 0.1) is 0 Å². The topological polar surface area (TPSA) is 71.1 Å². The predicted molar refractivity (Wildman–Crippen MR) is 89.8 cm³/mol. The third-order valence-corrected chi connectivity index (χ3v) is 2.82. The molecule has 0 aliphatic rings.